The van der Waals surface area contributed by atoms with E-state index >= 15 is 0 Å². The van der Waals surface area contributed by atoms with Crippen LogP contribution in [0.1, 0.15) is 64.2 Å². The van der Waals surface area contributed by atoms with E-state index < -0.39 is 15.9 Å². The van der Waals surface area contributed by atoms with Gasteiger partial charge in [-0.1, -0.05) is 36.4 Å². The highest BCUT2D eigenvalue weighted by atomic mass is 32.2. The van der Waals surface area contributed by atoms with Crippen LogP contribution >= 0.6 is 0 Å². The van der Waals surface area contributed by atoms with E-state index in [1.807, 2.05) is 24.3 Å². The van der Waals surface area contributed by atoms with Crippen molar-refractivity contribution in [2.75, 3.05) is 7.11 Å². The molecule has 4 aromatic rings. The molecule has 0 saturated heterocycles. The number of nitrogens with zero attached hydrogens (tertiary/aromatic N) is 1. The lowest BCUT2D eigenvalue weighted by atomic mass is 9.86. The number of carbonyl (C=O) groups is 1. The van der Waals surface area contributed by atoms with Crippen molar-refractivity contribution >= 4 is 15.9 Å². The van der Waals surface area contributed by atoms with Gasteiger partial charge in [0.1, 0.15) is 0 Å². The quantitative estimate of drug-likeness (QED) is 0.244. The van der Waals surface area contributed by atoms with Gasteiger partial charge in [0, 0.05) is 23.9 Å². The van der Waals surface area contributed by atoms with E-state index in [9.17, 15) is 13.2 Å². The fourth-order valence-corrected chi connectivity index (χ4v) is 6.28. The maximum absolute atomic E-state index is 13.0. The molecule has 1 aromatic heterocycles. The van der Waals surface area contributed by atoms with Gasteiger partial charge in [0.25, 0.3) is 15.9 Å². The first-order valence-electron chi connectivity index (χ1n) is 13.8. The van der Waals surface area contributed by atoms with E-state index in [4.69, 9.17) is 9.47 Å². The Labute approximate surface area is 241 Å². The number of benzene rings is 3. The second kappa shape index (κ2) is 12.6. The van der Waals surface area contributed by atoms with Crippen molar-refractivity contribution in [1.29, 1.82) is 0 Å². The van der Waals surface area contributed by atoms with E-state index in [1.54, 1.807) is 62.8 Å². The molecule has 0 bridgehead atoms. The van der Waals surface area contributed by atoms with E-state index in [2.05, 4.69) is 15.8 Å². The molecule has 0 aliphatic heterocycles. The lowest BCUT2D eigenvalue weighted by molar-refractivity contribution is 0.0981. The summed E-state index contributed by atoms with van der Waals surface area (Å²) in [7, 11) is -2.39. The molecule has 0 radical (unpaired) electrons. The highest BCUT2D eigenvalue weighted by molar-refractivity contribution is 7.90. The van der Waals surface area contributed by atoms with E-state index in [0.717, 1.165) is 35.3 Å². The van der Waals surface area contributed by atoms with E-state index in [-0.39, 0.29) is 16.9 Å². The number of aryl methyl sites for hydroxylation is 1. The van der Waals surface area contributed by atoms with Crippen LogP contribution in [0.15, 0.2) is 96.2 Å². The SMILES string of the molecule is COc1ccc(C(Cc2ccc(S(=O)(=O)NC(=O)c3ccccc3C)cc2)c2ccncc2)cc1OC1CCCC1. The largest absolute Gasteiger partial charge is 0.493 e. The molecule has 3 aromatic carbocycles. The van der Waals surface area contributed by atoms with Crippen LogP contribution in [-0.4, -0.2) is 32.5 Å². The molecule has 1 amide bonds. The van der Waals surface area contributed by atoms with Crippen molar-refractivity contribution in [2.45, 2.75) is 55.9 Å². The van der Waals surface area contributed by atoms with E-state index in [0.29, 0.717) is 23.3 Å². The summed E-state index contributed by atoms with van der Waals surface area (Å²) in [6.45, 7) is 1.77. The Morgan fingerprint density at radius 1 is 0.927 bits per heavy atom. The first kappa shape index (κ1) is 28.4. The van der Waals surface area contributed by atoms with Crippen LogP contribution in [0.2, 0.25) is 0 Å². The van der Waals surface area contributed by atoms with Crippen LogP contribution < -0.4 is 14.2 Å². The average molecular weight is 571 g/mol. The fraction of sp³-hybridized carbons (Fsp3) is 0.273. The summed E-state index contributed by atoms with van der Waals surface area (Å²) in [6.07, 6.45) is 8.79. The minimum absolute atomic E-state index is 0.0281. The predicted molar refractivity (Wildman–Crippen MR) is 158 cm³/mol. The molecule has 1 fully saturated rings. The standard InChI is InChI=1S/C33H34N2O5S/c1-23-7-3-6-10-29(23)33(36)35-41(37,38)28-14-11-24(12-15-28)21-30(25-17-19-34-20-18-25)26-13-16-31(39-2)32(22-26)40-27-8-4-5-9-27/h3,6-7,10-20,22,27,30H,4-5,8-9,21H2,1-2H3,(H,35,36). The van der Waals surface area contributed by atoms with Gasteiger partial charge in [-0.25, -0.2) is 13.1 Å². The van der Waals surface area contributed by atoms with Crippen molar-refractivity contribution in [3.8, 4) is 11.5 Å². The number of rotatable bonds is 10. The molecule has 0 spiro atoms. The van der Waals surface area contributed by atoms with Crippen LogP contribution in [0.25, 0.3) is 0 Å². The minimum atomic E-state index is -4.04. The van der Waals surface area contributed by atoms with Crippen LogP contribution in [0.4, 0.5) is 0 Å². The summed E-state index contributed by atoms with van der Waals surface area (Å²) in [5, 5.41) is 0. The zero-order valence-electron chi connectivity index (χ0n) is 23.2. The lowest BCUT2D eigenvalue weighted by Crippen LogP contribution is -2.31. The number of pyridine rings is 1. The molecule has 1 heterocycles. The highest BCUT2D eigenvalue weighted by Gasteiger charge is 2.23. The van der Waals surface area contributed by atoms with Gasteiger partial charge >= 0.3 is 0 Å². The maximum atomic E-state index is 13.0. The maximum Gasteiger partial charge on any atom is 0.265 e. The van der Waals surface area contributed by atoms with Crippen molar-refractivity contribution in [1.82, 2.24) is 9.71 Å². The van der Waals surface area contributed by atoms with Crippen molar-refractivity contribution in [2.24, 2.45) is 0 Å². The first-order valence-corrected chi connectivity index (χ1v) is 15.3. The van der Waals surface area contributed by atoms with Gasteiger partial charge in [0.05, 0.1) is 18.1 Å². The number of ether oxygens (including phenoxy) is 2. The van der Waals surface area contributed by atoms with Gasteiger partial charge in [0.15, 0.2) is 11.5 Å². The molecular formula is C33H34N2O5S. The molecule has 1 unspecified atom stereocenters. The van der Waals surface area contributed by atoms with Crippen LogP contribution in [0.5, 0.6) is 11.5 Å². The zero-order valence-corrected chi connectivity index (χ0v) is 24.1. The molecule has 8 heteroatoms. The normalized spacial score (nSPS) is 14.4. The number of aromatic nitrogens is 1. The Kier molecular flexibility index (Phi) is 8.69. The zero-order chi connectivity index (χ0) is 28.8. The van der Waals surface area contributed by atoms with Gasteiger partial charge in [-0.15, -0.1) is 0 Å². The number of amides is 1. The van der Waals surface area contributed by atoms with Crippen molar-refractivity contribution < 1.29 is 22.7 Å². The third kappa shape index (κ3) is 6.77. The topological polar surface area (TPSA) is 94.6 Å². The molecule has 1 aliphatic rings. The Morgan fingerprint density at radius 3 is 2.32 bits per heavy atom. The summed E-state index contributed by atoms with van der Waals surface area (Å²) < 4.78 is 40.1. The average Bonchev–Trinajstić information content (AvgIpc) is 3.50. The molecule has 1 saturated carbocycles. The Bertz CT molecular complexity index is 1600. The van der Waals surface area contributed by atoms with Crippen LogP contribution in [0.3, 0.4) is 0 Å². The molecule has 1 N–H and O–H groups in total. The summed E-state index contributed by atoms with van der Waals surface area (Å²) in [5.41, 5.74) is 4.12. The number of methoxy groups -OCH3 is 1. The molecule has 1 aliphatic carbocycles. The van der Waals surface area contributed by atoms with Gasteiger partial charge in [-0.3, -0.25) is 9.78 Å². The summed E-state index contributed by atoms with van der Waals surface area (Å²) in [4.78, 5) is 16.9. The van der Waals surface area contributed by atoms with Crippen molar-refractivity contribution in [3.05, 3.63) is 119 Å². The van der Waals surface area contributed by atoms with Crippen LogP contribution in [-0.2, 0) is 16.4 Å². The van der Waals surface area contributed by atoms with Crippen molar-refractivity contribution in [3.63, 3.8) is 0 Å². The molecule has 5 rings (SSSR count). The Morgan fingerprint density at radius 2 is 1.63 bits per heavy atom. The summed E-state index contributed by atoms with van der Waals surface area (Å²) in [5.74, 6) is 0.760. The first-order chi connectivity index (χ1) is 19.8. The predicted octanol–water partition coefficient (Wildman–Crippen LogP) is 6.21. The summed E-state index contributed by atoms with van der Waals surface area (Å²) in [6, 6.07) is 23.6. The van der Waals surface area contributed by atoms with Gasteiger partial charge < -0.3 is 9.47 Å². The number of hydrogen-bond acceptors (Lipinski definition) is 6. The number of sulfonamides is 1. The monoisotopic (exact) mass is 570 g/mol. The lowest BCUT2D eigenvalue weighted by Gasteiger charge is -2.22. The third-order valence-electron chi connectivity index (χ3n) is 7.58. The number of carbonyl (C=O) groups excluding carboxylic acids is 1. The number of nitrogens with one attached hydrogen (secondary N) is 1. The van der Waals surface area contributed by atoms with Gasteiger partial charge in [-0.2, -0.15) is 0 Å². The van der Waals surface area contributed by atoms with Gasteiger partial charge in [-0.05, 0) is 104 Å². The Balaban J connectivity index is 1.39. The smallest absolute Gasteiger partial charge is 0.265 e. The van der Waals surface area contributed by atoms with E-state index in [1.165, 1.54) is 25.0 Å². The third-order valence-corrected chi connectivity index (χ3v) is 8.93. The fourth-order valence-electron chi connectivity index (χ4n) is 5.32. The second-order valence-electron chi connectivity index (χ2n) is 10.4. The minimum Gasteiger partial charge on any atom is -0.493 e. The molecular weight excluding hydrogens is 536 g/mol. The van der Waals surface area contributed by atoms with Crippen LogP contribution in [0, 0.1) is 6.92 Å². The molecule has 1 atom stereocenters. The molecule has 41 heavy (non-hydrogen) atoms. The Hall–Kier alpha value is -4.17. The summed E-state index contributed by atoms with van der Waals surface area (Å²) >= 11 is 0. The highest BCUT2D eigenvalue weighted by Crippen LogP contribution is 2.37. The second-order valence-corrected chi connectivity index (χ2v) is 12.0. The van der Waals surface area contributed by atoms with Gasteiger partial charge in [0.2, 0.25) is 0 Å². The molecule has 212 valence electrons. The molecule has 7 nitrogen and oxygen atoms in total. The number of hydrogen-bond donors (Lipinski definition) is 1.